The number of hydrogen-bond donors (Lipinski definition) is 2. The zero-order valence-electron chi connectivity index (χ0n) is 13.8. The van der Waals surface area contributed by atoms with Crippen LogP contribution in [0.2, 0.25) is 0 Å². The Balaban J connectivity index is 1.87. The Morgan fingerprint density at radius 3 is 2.64 bits per heavy atom. The van der Waals surface area contributed by atoms with Gasteiger partial charge in [-0.3, -0.25) is 4.79 Å². The Morgan fingerprint density at radius 1 is 1.28 bits per heavy atom. The molecule has 128 valence electrons. The number of nitrogen functional groups attached to an aromatic ring is 1. The third kappa shape index (κ3) is 3.83. The number of anilines is 2. The molecule has 3 rings (SSSR count). The summed E-state index contributed by atoms with van der Waals surface area (Å²) in [6.45, 7) is 1.96. The number of benzene rings is 2. The molecule has 1 heterocycles. The molecule has 0 bridgehead atoms. The van der Waals surface area contributed by atoms with Crippen LogP contribution < -0.4 is 11.1 Å². The van der Waals surface area contributed by atoms with Crippen molar-refractivity contribution in [3.8, 4) is 0 Å². The second-order valence-corrected chi connectivity index (χ2v) is 6.62. The number of nitrogens with zero attached hydrogens (tertiary/aromatic N) is 2. The number of carbonyl (C=O) groups is 1. The summed E-state index contributed by atoms with van der Waals surface area (Å²) in [5.41, 5.74) is 7.89. The van der Waals surface area contributed by atoms with Crippen LogP contribution in [0.1, 0.15) is 15.9 Å². The lowest BCUT2D eigenvalue weighted by Gasteiger charge is -2.11. The van der Waals surface area contributed by atoms with E-state index in [0.29, 0.717) is 10.8 Å². The standard InChI is InChI=1S/C18H17FN4OS/c1-11-3-5-12(6-4-11)22-17(24)13-9-16(14(19)10-15(13)20)25-18-21-7-8-23(18)2/h3-10H,20H2,1-2H3,(H,22,24). The maximum absolute atomic E-state index is 14.2. The molecular formula is C18H17FN4OS. The van der Waals surface area contributed by atoms with Crippen molar-refractivity contribution in [1.82, 2.24) is 9.55 Å². The van der Waals surface area contributed by atoms with Crippen LogP contribution in [0, 0.1) is 12.7 Å². The zero-order valence-corrected chi connectivity index (χ0v) is 14.6. The summed E-state index contributed by atoms with van der Waals surface area (Å²) in [6, 6.07) is 10.0. The fraction of sp³-hybridized carbons (Fsp3) is 0.111. The number of carbonyl (C=O) groups excluding carboxylic acids is 1. The maximum atomic E-state index is 14.2. The summed E-state index contributed by atoms with van der Waals surface area (Å²) in [5, 5.41) is 3.39. The number of aryl methyl sites for hydroxylation is 2. The van der Waals surface area contributed by atoms with Crippen molar-refractivity contribution in [2.24, 2.45) is 7.05 Å². The maximum Gasteiger partial charge on any atom is 0.257 e. The van der Waals surface area contributed by atoms with Crippen molar-refractivity contribution in [3.63, 3.8) is 0 Å². The van der Waals surface area contributed by atoms with Crippen LogP contribution in [-0.4, -0.2) is 15.5 Å². The first-order chi connectivity index (χ1) is 11.9. The molecule has 0 unspecified atom stereocenters. The molecular weight excluding hydrogens is 339 g/mol. The lowest BCUT2D eigenvalue weighted by molar-refractivity contribution is 0.102. The molecule has 7 heteroatoms. The molecule has 0 aliphatic heterocycles. The average Bonchev–Trinajstić information content (AvgIpc) is 2.97. The molecule has 0 spiro atoms. The number of rotatable bonds is 4. The minimum atomic E-state index is -0.489. The Bertz CT molecular complexity index is 921. The summed E-state index contributed by atoms with van der Waals surface area (Å²) < 4.78 is 16.0. The van der Waals surface area contributed by atoms with Gasteiger partial charge in [-0.1, -0.05) is 17.7 Å². The fourth-order valence-corrected chi connectivity index (χ4v) is 3.08. The van der Waals surface area contributed by atoms with E-state index in [1.54, 1.807) is 29.1 Å². The Kier molecular flexibility index (Phi) is 4.76. The molecule has 0 aliphatic rings. The molecule has 2 aromatic carbocycles. The van der Waals surface area contributed by atoms with Crippen molar-refractivity contribution in [2.45, 2.75) is 17.0 Å². The van der Waals surface area contributed by atoms with Crippen molar-refractivity contribution in [2.75, 3.05) is 11.1 Å². The second-order valence-electron chi connectivity index (χ2n) is 5.61. The number of hydrogen-bond acceptors (Lipinski definition) is 4. The average molecular weight is 356 g/mol. The quantitative estimate of drug-likeness (QED) is 0.697. The third-order valence-corrected chi connectivity index (χ3v) is 4.75. The van der Waals surface area contributed by atoms with Crippen LogP contribution in [0.4, 0.5) is 15.8 Å². The fourth-order valence-electron chi connectivity index (χ4n) is 2.23. The second kappa shape index (κ2) is 6.98. The molecule has 25 heavy (non-hydrogen) atoms. The van der Waals surface area contributed by atoms with Gasteiger partial charge >= 0.3 is 0 Å². The normalized spacial score (nSPS) is 10.7. The van der Waals surface area contributed by atoms with E-state index in [4.69, 9.17) is 5.73 Å². The molecule has 0 fully saturated rings. The molecule has 0 saturated heterocycles. The van der Waals surface area contributed by atoms with Crippen LogP contribution in [0.5, 0.6) is 0 Å². The van der Waals surface area contributed by atoms with E-state index in [-0.39, 0.29) is 22.1 Å². The highest BCUT2D eigenvalue weighted by molar-refractivity contribution is 7.99. The third-order valence-electron chi connectivity index (χ3n) is 3.64. The number of halogens is 1. The van der Waals surface area contributed by atoms with Crippen LogP contribution >= 0.6 is 11.8 Å². The van der Waals surface area contributed by atoms with Gasteiger partial charge in [0.05, 0.1) is 10.5 Å². The van der Waals surface area contributed by atoms with Crippen LogP contribution in [0.15, 0.2) is 58.8 Å². The van der Waals surface area contributed by atoms with E-state index in [1.807, 2.05) is 26.1 Å². The molecule has 0 aliphatic carbocycles. The lowest BCUT2D eigenvalue weighted by atomic mass is 10.1. The van der Waals surface area contributed by atoms with Crippen LogP contribution in [-0.2, 0) is 7.05 Å². The number of imidazole rings is 1. The van der Waals surface area contributed by atoms with Gasteiger partial charge in [0.1, 0.15) is 5.82 Å². The first kappa shape index (κ1) is 17.0. The van der Waals surface area contributed by atoms with Gasteiger partial charge in [-0.15, -0.1) is 0 Å². The molecule has 1 aromatic heterocycles. The van der Waals surface area contributed by atoms with Gasteiger partial charge in [0.2, 0.25) is 0 Å². The van der Waals surface area contributed by atoms with Gasteiger partial charge < -0.3 is 15.6 Å². The van der Waals surface area contributed by atoms with E-state index >= 15 is 0 Å². The van der Waals surface area contributed by atoms with Gasteiger partial charge in [0.25, 0.3) is 5.91 Å². The highest BCUT2D eigenvalue weighted by Crippen LogP contribution is 2.31. The SMILES string of the molecule is Cc1ccc(NC(=O)c2cc(Sc3nccn3C)c(F)cc2N)cc1. The number of nitrogens with one attached hydrogen (secondary N) is 1. The van der Waals surface area contributed by atoms with Gasteiger partial charge in [-0.05, 0) is 43.0 Å². The van der Waals surface area contributed by atoms with E-state index in [9.17, 15) is 9.18 Å². The largest absolute Gasteiger partial charge is 0.398 e. The number of aromatic nitrogens is 2. The predicted octanol–water partition coefficient (Wildman–Crippen LogP) is 3.85. The first-order valence-corrected chi connectivity index (χ1v) is 8.38. The molecule has 3 N–H and O–H groups in total. The van der Waals surface area contributed by atoms with Gasteiger partial charge in [0, 0.05) is 30.8 Å². The summed E-state index contributed by atoms with van der Waals surface area (Å²) in [7, 11) is 1.82. The summed E-state index contributed by atoms with van der Waals surface area (Å²) >= 11 is 1.14. The van der Waals surface area contributed by atoms with E-state index < -0.39 is 5.82 Å². The molecule has 5 nitrogen and oxygen atoms in total. The van der Waals surface area contributed by atoms with E-state index in [1.165, 1.54) is 6.07 Å². The molecule has 3 aromatic rings. The predicted molar refractivity (Wildman–Crippen MR) is 97.3 cm³/mol. The molecule has 0 radical (unpaired) electrons. The molecule has 0 atom stereocenters. The number of amides is 1. The van der Waals surface area contributed by atoms with E-state index in [0.717, 1.165) is 23.4 Å². The Hall–Kier alpha value is -2.80. The van der Waals surface area contributed by atoms with E-state index in [2.05, 4.69) is 10.3 Å². The Morgan fingerprint density at radius 2 is 2.00 bits per heavy atom. The highest BCUT2D eigenvalue weighted by Gasteiger charge is 2.16. The molecule has 1 amide bonds. The van der Waals surface area contributed by atoms with Gasteiger partial charge in [-0.2, -0.15) is 0 Å². The number of nitrogens with two attached hydrogens (primary N) is 1. The van der Waals surface area contributed by atoms with Crippen LogP contribution in [0.25, 0.3) is 0 Å². The van der Waals surface area contributed by atoms with Crippen molar-refractivity contribution >= 4 is 29.0 Å². The minimum Gasteiger partial charge on any atom is -0.398 e. The smallest absolute Gasteiger partial charge is 0.257 e. The minimum absolute atomic E-state index is 0.0892. The summed E-state index contributed by atoms with van der Waals surface area (Å²) in [5.74, 6) is -0.875. The summed E-state index contributed by atoms with van der Waals surface area (Å²) in [6.07, 6.45) is 3.39. The molecule has 0 saturated carbocycles. The van der Waals surface area contributed by atoms with Gasteiger partial charge in [-0.25, -0.2) is 9.37 Å². The van der Waals surface area contributed by atoms with Gasteiger partial charge in [0.15, 0.2) is 5.16 Å². The highest BCUT2D eigenvalue weighted by atomic mass is 32.2. The summed E-state index contributed by atoms with van der Waals surface area (Å²) in [4.78, 5) is 17.0. The monoisotopic (exact) mass is 356 g/mol. The van der Waals surface area contributed by atoms with Crippen LogP contribution in [0.3, 0.4) is 0 Å². The first-order valence-electron chi connectivity index (χ1n) is 7.56. The lowest BCUT2D eigenvalue weighted by Crippen LogP contribution is -2.14. The Labute approximate surface area is 149 Å². The van der Waals surface area contributed by atoms with Crippen molar-refractivity contribution < 1.29 is 9.18 Å². The van der Waals surface area contributed by atoms with Crippen molar-refractivity contribution in [1.29, 1.82) is 0 Å². The zero-order chi connectivity index (χ0) is 18.0. The van der Waals surface area contributed by atoms with Crippen molar-refractivity contribution in [3.05, 3.63) is 65.7 Å². The topological polar surface area (TPSA) is 72.9 Å².